The third kappa shape index (κ3) is 6.77. The number of pyridine rings is 1. The van der Waals surface area contributed by atoms with Crippen LogP contribution in [-0.4, -0.2) is 35.5 Å². The first kappa shape index (κ1) is 25.3. The number of hydrogen-bond donors (Lipinski definition) is 1. The van der Waals surface area contributed by atoms with E-state index in [9.17, 15) is 10.0 Å². The lowest BCUT2D eigenvalue weighted by Crippen LogP contribution is -2.40. The Morgan fingerprint density at radius 3 is 2.47 bits per heavy atom. The van der Waals surface area contributed by atoms with E-state index in [-0.39, 0.29) is 12.7 Å². The number of fused-ring (bicyclic) bond motifs is 1. The van der Waals surface area contributed by atoms with Crippen molar-refractivity contribution in [2.75, 3.05) is 13.7 Å². The van der Waals surface area contributed by atoms with Crippen LogP contribution in [0.15, 0.2) is 30.3 Å². The molecular weight excluding hydrogens is 408 g/mol. The van der Waals surface area contributed by atoms with E-state index in [4.69, 9.17) is 14.2 Å². The maximum absolute atomic E-state index is 12.3. The molecule has 7 nitrogen and oxygen atoms in total. The summed E-state index contributed by atoms with van der Waals surface area (Å²) in [4.78, 5) is 14.0. The van der Waals surface area contributed by atoms with Crippen LogP contribution >= 0.6 is 0 Å². The number of rotatable bonds is 4. The molecule has 0 saturated carbocycles. The van der Waals surface area contributed by atoms with Crippen LogP contribution < -0.4 is 14.2 Å². The van der Waals surface area contributed by atoms with Gasteiger partial charge in [-0.25, -0.2) is 4.79 Å². The summed E-state index contributed by atoms with van der Waals surface area (Å²) in [5.74, 6) is 1.27. The van der Waals surface area contributed by atoms with Crippen LogP contribution in [0.3, 0.4) is 0 Å². The zero-order valence-electron chi connectivity index (χ0n) is 20.4. The monoisotopic (exact) mass is 445 g/mol. The Labute approximate surface area is 191 Å². The van der Waals surface area contributed by atoms with Crippen LogP contribution in [0.5, 0.6) is 11.5 Å². The van der Waals surface area contributed by atoms with Crippen LogP contribution in [0.4, 0.5) is 4.79 Å². The van der Waals surface area contributed by atoms with Gasteiger partial charge in [0, 0.05) is 30.8 Å². The van der Waals surface area contributed by atoms with Gasteiger partial charge >= 0.3 is 11.8 Å². The average molecular weight is 446 g/mol. The van der Waals surface area contributed by atoms with E-state index in [0.29, 0.717) is 36.0 Å². The van der Waals surface area contributed by atoms with E-state index in [1.165, 1.54) is 6.42 Å². The largest absolute Gasteiger partial charge is 0.490 e. The quantitative estimate of drug-likeness (QED) is 0.540. The molecule has 0 fully saturated rings. The van der Waals surface area contributed by atoms with Gasteiger partial charge in [-0.2, -0.15) is 0 Å². The smallest absolute Gasteiger partial charge is 0.410 e. The van der Waals surface area contributed by atoms with Gasteiger partial charge in [0.05, 0.1) is 7.11 Å². The van der Waals surface area contributed by atoms with Crippen LogP contribution in [-0.2, 0) is 24.3 Å². The van der Waals surface area contributed by atoms with Crippen molar-refractivity contribution in [2.45, 2.75) is 73.1 Å². The summed E-state index contributed by atoms with van der Waals surface area (Å²) < 4.78 is 17.8. The molecule has 1 amide bonds. The van der Waals surface area contributed by atoms with Gasteiger partial charge in [-0.05, 0) is 56.5 Å². The third-order valence-electron chi connectivity index (χ3n) is 4.79. The van der Waals surface area contributed by atoms with Gasteiger partial charge < -0.3 is 19.1 Å². The second-order valence-corrected chi connectivity index (χ2v) is 8.88. The molecule has 1 N–H and O–H groups in total. The highest BCUT2D eigenvalue weighted by Crippen LogP contribution is 2.26. The van der Waals surface area contributed by atoms with E-state index < -0.39 is 5.60 Å². The van der Waals surface area contributed by atoms with Crippen molar-refractivity contribution in [3.63, 3.8) is 0 Å². The van der Waals surface area contributed by atoms with E-state index in [2.05, 4.69) is 13.8 Å². The van der Waals surface area contributed by atoms with Gasteiger partial charge in [0.15, 0.2) is 12.4 Å². The zero-order valence-corrected chi connectivity index (χ0v) is 20.4. The van der Waals surface area contributed by atoms with Crippen molar-refractivity contribution >= 4 is 6.09 Å². The molecule has 0 spiro atoms. The van der Waals surface area contributed by atoms with Gasteiger partial charge in [0.25, 0.3) is 0 Å². The van der Waals surface area contributed by atoms with Crippen molar-refractivity contribution in [1.29, 1.82) is 0 Å². The molecule has 0 bridgehead atoms. The van der Waals surface area contributed by atoms with Crippen LogP contribution in [0, 0.1) is 6.92 Å². The van der Waals surface area contributed by atoms with E-state index in [1.54, 1.807) is 31.1 Å². The molecule has 2 aromatic rings. The van der Waals surface area contributed by atoms with E-state index in [1.807, 2.05) is 39.0 Å². The molecule has 1 aromatic carbocycles. The molecule has 1 aromatic heterocycles. The van der Waals surface area contributed by atoms with E-state index in [0.717, 1.165) is 22.3 Å². The highest BCUT2D eigenvalue weighted by atomic mass is 16.6. The van der Waals surface area contributed by atoms with Crippen molar-refractivity contribution < 1.29 is 28.9 Å². The number of methoxy groups -OCH3 is 1. The number of benzene rings is 1. The SMILES string of the molecule is CCC.COc1ccc(C)[n+](O)c1COc1ccc2c(c1)CCN(C(=O)OC(C)(C)C)C2. The molecule has 2 heterocycles. The topological polar surface area (TPSA) is 72.1 Å². The van der Waals surface area contributed by atoms with Gasteiger partial charge in [-0.3, -0.25) is 5.21 Å². The molecular formula is C25H37N2O5+. The van der Waals surface area contributed by atoms with Gasteiger partial charge in [-0.15, -0.1) is 0 Å². The maximum Gasteiger partial charge on any atom is 0.410 e. The molecule has 3 rings (SSSR count). The number of carbonyl (C=O) groups is 1. The second kappa shape index (κ2) is 11.1. The summed E-state index contributed by atoms with van der Waals surface area (Å²) in [5.41, 5.74) is 2.96. The molecule has 176 valence electrons. The minimum Gasteiger partial charge on any atom is -0.490 e. The van der Waals surface area contributed by atoms with Crippen molar-refractivity contribution in [2.24, 2.45) is 0 Å². The molecule has 0 radical (unpaired) electrons. The van der Waals surface area contributed by atoms with Crippen molar-refractivity contribution in [3.05, 3.63) is 52.8 Å². The minimum absolute atomic E-state index is 0.171. The lowest BCUT2D eigenvalue weighted by molar-refractivity contribution is -0.914. The fourth-order valence-electron chi connectivity index (χ4n) is 3.25. The maximum atomic E-state index is 12.3. The summed E-state index contributed by atoms with van der Waals surface area (Å²) in [6, 6.07) is 9.42. The first-order valence-corrected chi connectivity index (χ1v) is 11.1. The summed E-state index contributed by atoms with van der Waals surface area (Å²) in [5, 5.41) is 10.2. The predicted molar refractivity (Wildman–Crippen MR) is 122 cm³/mol. The highest BCUT2D eigenvalue weighted by molar-refractivity contribution is 5.68. The first-order chi connectivity index (χ1) is 15.1. The molecule has 32 heavy (non-hydrogen) atoms. The summed E-state index contributed by atoms with van der Waals surface area (Å²) in [7, 11) is 1.56. The van der Waals surface area contributed by atoms with Crippen molar-refractivity contribution in [1.82, 2.24) is 4.90 Å². The lowest BCUT2D eigenvalue weighted by atomic mass is 10.00. The first-order valence-electron chi connectivity index (χ1n) is 11.1. The lowest BCUT2D eigenvalue weighted by Gasteiger charge is -2.31. The number of hydrogen-bond acceptors (Lipinski definition) is 5. The fourth-order valence-corrected chi connectivity index (χ4v) is 3.25. The summed E-state index contributed by atoms with van der Waals surface area (Å²) in [6.45, 7) is 13.0. The molecule has 1 aliphatic rings. The highest BCUT2D eigenvalue weighted by Gasteiger charge is 2.26. The Morgan fingerprint density at radius 2 is 1.84 bits per heavy atom. The number of amides is 1. The Bertz CT molecular complexity index is 921. The summed E-state index contributed by atoms with van der Waals surface area (Å²) in [6.07, 6.45) is 1.70. The zero-order chi connectivity index (χ0) is 23.9. The van der Waals surface area contributed by atoms with Gasteiger partial charge in [0.2, 0.25) is 5.69 Å². The second-order valence-electron chi connectivity index (χ2n) is 8.88. The molecule has 0 atom stereocenters. The molecule has 0 saturated heterocycles. The van der Waals surface area contributed by atoms with E-state index >= 15 is 0 Å². The molecule has 0 unspecified atom stereocenters. The number of ether oxygens (including phenoxy) is 3. The minimum atomic E-state index is -0.504. The fraction of sp³-hybridized carbons (Fsp3) is 0.520. The number of aromatic nitrogens is 1. The standard InChI is InChI=1S/C22H29N2O5.C3H8/c1-15-6-9-20(27-5)19(24(15)26)14-28-18-8-7-17-13-23(11-10-16(17)12-18)21(25)29-22(2,3)4;1-3-2/h6-9,12,26H,10-11,13-14H2,1-5H3;3H2,1-2H3/q+1;. The van der Waals surface area contributed by atoms with Gasteiger partial charge in [0.1, 0.15) is 11.4 Å². The third-order valence-corrected chi connectivity index (χ3v) is 4.79. The van der Waals surface area contributed by atoms with Crippen LogP contribution in [0.25, 0.3) is 0 Å². The van der Waals surface area contributed by atoms with Crippen LogP contribution in [0.2, 0.25) is 0 Å². The number of carbonyl (C=O) groups excluding carboxylic acids is 1. The Kier molecular flexibility index (Phi) is 8.75. The van der Waals surface area contributed by atoms with Gasteiger partial charge in [-0.1, -0.05) is 26.3 Å². The predicted octanol–water partition coefficient (Wildman–Crippen LogP) is 4.82. The normalized spacial score (nSPS) is 12.9. The molecule has 0 aliphatic carbocycles. The summed E-state index contributed by atoms with van der Waals surface area (Å²) >= 11 is 0. The Balaban J connectivity index is 0.00000114. The molecule has 7 heteroatoms. The molecule has 1 aliphatic heterocycles. The average Bonchev–Trinajstić information content (AvgIpc) is 2.73. The van der Waals surface area contributed by atoms with Crippen LogP contribution in [0.1, 0.15) is 63.6 Å². The number of aryl methyl sites for hydroxylation is 1. The Hall–Kier alpha value is -2.96. The van der Waals surface area contributed by atoms with Crippen molar-refractivity contribution in [3.8, 4) is 11.5 Å². The Morgan fingerprint density at radius 1 is 1.16 bits per heavy atom. The number of nitrogens with zero attached hydrogens (tertiary/aromatic N) is 2.